The summed E-state index contributed by atoms with van der Waals surface area (Å²) in [6.07, 6.45) is 37.1. The molecule has 0 aliphatic carbocycles. The number of aliphatic hydroxyl groups is 7. The van der Waals surface area contributed by atoms with Crippen molar-refractivity contribution in [1.82, 2.24) is 0 Å². The van der Waals surface area contributed by atoms with E-state index < -0.39 is 99.3 Å². The number of aliphatic hydroxyl groups excluding tert-OH is 7. The highest BCUT2D eigenvalue weighted by Crippen LogP contribution is 2.26. The normalized spacial score (nSPS) is 25.8. The van der Waals surface area contributed by atoms with Crippen molar-refractivity contribution in [2.45, 2.75) is 223 Å². The molecule has 2 fully saturated rings. The zero-order chi connectivity index (χ0) is 52.4. The number of allylic oxidation sites excluding steroid dienone is 16. The van der Waals surface area contributed by atoms with Gasteiger partial charge in [0.05, 0.1) is 19.8 Å². The van der Waals surface area contributed by atoms with Crippen LogP contribution in [0.25, 0.3) is 0 Å². The summed E-state index contributed by atoms with van der Waals surface area (Å²) in [4.78, 5) is 25.8. The van der Waals surface area contributed by atoms with Crippen LogP contribution < -0.4 is 0 Å². The first-order valence-corrected chi connectivity index (χ1v) is 26.8. The fourth-order valence-corrected chi connectivity index (χ4v) is 7.60. The van der Waals surface area contributed by atoms with Gasteiger partial charge in [0.1, 0.15) is 55.4 Å². The smallest absolute Gasteiger partial charge is 0.306 e. The van der Waals surface area contributed by atoms with Crippen molar-refractivity contribution < 1.29 is 73.8 Å². The number of rotatable bonds is 40. The molecule has 0 amide bonds. The van der Waals surface area contributed by atoms with Crippen LogP contribution in [0.15, 0.2) is 97.2 Å². The summed E-state index contributed by atoms with van der Waals surface area (Å²) < 4.78 is 33.5. The summed E-state index contributed by atoms with van der Waals surface area (Å²) in [7, 11) is 0. The molecule has 7 N–H and O–H groups in total. The van der Waals surface area contributed by atoms with Gasteiger partial charge in [0.25, 0.3) is 0 Å². The molecule has 410 valence electrons. The van der Waals surface area contributed by atoms with Gasteiger partial charge in [-0.25, -0.2) is 0 Å². The average molecular weight is 1020 g/mol. The lowest BCUT2D eigenvalue weighted by molar-refractivity contribution is -0.332. The Morgan fingerprint density at radius 3 is 1.33 bits per heavy atom. The third-order valence-corrected chi connectivity index (χ3v) is 12.0. The first-order valence-electron chi connectivity index (χ1n) is 26.8. The van der Waals surface area contributed by atoms with E-state index in [1.807, 2.05) is 0 Å². The van der Waals surface area contributed by atoms with E-state index >= 15 is 0 Å². The van der Waals surface area contributed by atoms with Gasteiger partial charge >= 0.3 is 11.9 Å². The molecule has 4 unspecified atom stereocenters. The van der Waals surface area contributed by atoms with Crippen molar-refractivity contribution in [3.8, 4) is 0 Å². The lowest BCUT2D eigenvalue weighted by Gasteiger charge is -2.42. The van der Waals surface area contributed by atoms with E-state index in [0.29, 0.717) is 12.8 Å². The second-order valence-electron chi connectivity index (χ2n) is 18.3. The molecule has 0 saturated carbocycles. The van der Waals surface area contributed by atoms with E-state index in [2.05, 4.69) is 111 Å². The Morgan fingerprint density at radius 2 is 0.861 bits per heavy atom. The fraction of sp³-hybridized carbons (Fsp3) is 0.684. The molecule has 0 spiro atoms. The molecule has 2 heterocycles. The summed E-state index contributed by atoms with van der Waals surface area (Å²) in [6.45, 7) is 2.41. The monoisotopic (exact) mass is 1020 g/mol. The average Bonchev–Trinajstić information content (AvgIpc) is 3.37. The zero-order valence-corrected chi connectivity index (χ0v) is 43.4. The van der Waals surface area contributed by atoms with Gasteiger partial charge < -0.3 is 64.2 Å². The largest absolute Gasteiger partial charge is 0.462 e. The van der Waals surface area contributed by atoms with Crippen molar-refractivity contribution in [1.29, 1.82) is 0 Å². The van der Waals surface area contributed by atoms with Crippen LogP contribution in [-0.2, 0) is 38.0 Å². The van der Waals surface area contributed by atoms with Crippen LogP contribution in [-0.4, -0.2) is 142 Å². The quantitative estimate of drug-likeness (QED) is 0.0174. The molecule has 15 heteroatoms. The van der Waals surface area contributed by atoms with Crippen LogP contribution in [0.5, 0.6) is 0 Å². The minimum absolute atomic E-state index is 0.114. The summed E-state index contributed by atoms with van der Waals surface area (Å²) in [5, 5.41) is 72.2. The predicted octanol–water partition coefficient (Wildman–Crippen LogP) is 8.15. The Labute approximate surface area is 430 Å². The number of carbonyl (C=O) groups excluding carboxylic acids is 2. The molecule has 2 aliphatic heterocycles. The van der Waals surface area contributed by atoms with Crippen LogP contribution >= 0.6 is 0 Å². The molecular formula is C57H92O15. The van der Waals surface area contributed by atoms with Crippen molar-refractivity contribution >= 4 is 11.9 Å². The molecule has 2 saturated heterocycles. The van der Waals surface area contributed by atoms with Crippen LogP contribution in [0.4, 0.5) is 0 Å². The van der Waals surface area contributed by atoms with Gasteiger partial charge in [-0.3, -0.25) is 9.59 Å². The van der Waals surface area contributed by atoms with Crippen molar-refractivity contribution in [3.05, 3.63) is 97.2 Å². The van der Waals surface area contributed by atoms with Crippen molar-refractivity contribution in [3.63, 3.8) is 0 Å². The number of carbonyl (C=O) groups is 2. The van der Waals surface area contributed by atoms with Gasteiger partial charge in [0.15, 0.2) is 18.7 Å². The maximum absolute atomic E-state index is 13.0. The first kappa shape index (κ1) is 64.5. The number of unbranched alkanes of at least 4 members (excludes halogenated alkanes) is 10. The molecular weight excluding hydrogens is 925 g/mol. The lowest BCUT2D eigenvalue weighted by atomic mass is 9.98. The molecule has 2 aliphatic rings. The van der Waals surface area contributed by atoms with E-state index in [1.165, 1.54) is 25.7 Å². The van der Waals surface area contributed by atoms with Gasteiger partial charge in [-0.2, -0.15) is 0 Å². The van der Waals surface area contributed by atoms with Gasteiger partial charge in [-0.15, -0.1) is 0 Å². The molecule has 0 aromatic rings. The van der Waals surface area contributed by atoms with Crippen LogP contribution in [0.3, 0.4) is 0 Å². The Hall–Kier alpha value is -3.58. The second kappa shape index (κ2) is 42.7. The number of esters is 2. The maximum Gasteiger partial charge on any atom is 0.306 e. The third kappa shape index (κ3) is 30.0. The van der Waals surface area contributed by atoms with Crippen LogP contribution in [0.1, 0.15) is 155 Å². The van der Waals surface area contributed by atoms with Crippen LogP contribution in [0.2, 0.25) is 0 Å². The van der Waals surface area contributed by atoms with Crippen LogP contribution in [0, 0.1) is 0 Å². The Morgan fingerprint density at radius 1 is 0.444 bits per heavy atom. The molecule has 72 heavy (non-hydrogen) atoms. The highest BCUT2D eigenvalue weighted by atomic mass is 16.7. The number of ether oxygens (including phenoxy) is 6. The van der Waals surface area contributed by atoms with E-state index in [-0.39, 0.29) is 19.4 Å². The minimum atomic E-state index is -1.78. The van der Waals surface area contributed by atoms with Gasteiger partial charge in [0, 0.05) is 12.8 Å². The standard InChI is InChI=1S/C57H92O15/c1-3-5-7-9-11-13-15-17-19-21-22-24-25-27-29-31-33-35-37-39-48(59)67-42-45(70-49(60)40-38-36-34-32-30-28-26-23-20-18-16-14-12-10-8-6-4-2)43-68-56-55(66)53(64)51(62)47(72-56)44-69-57-54(65)52(63)50(61)46(41-58)71-57/h8,10-11,13-14,16-17,19-20,22-24,27-30,45-47,50-58,61-66H,3-7,9,12,15,18,21,25-26,31-44H2,1-2H3/b10-8+,13-11+,16-14+,19-17+,23-20+,24-22+,29-27+,30-28+/t45-,46+,47+,50-,51-,52?,53?,54?,55?,56+,57+/m0/s1. The van der Waals surface area contributed by atoms with Crippen molar-refractivity contribution in [2.75, 3.05) is 26.4 Å². The minimum Gasteiger partial charge on any atom is -0.462 e. The van der Waals surface area contributed by atoms with Gasteiger partial charge in [-0.1, -0.05) is 143 Å². The molecule has 0 aromatic heterocycles. The Bertz CT molecular complexity index is 1620. The molecule has 15 nitrogen and oxygen atoms in total. The SMILES string of the molecule is CCC/C=C/C/C=C/C/C=C/C/C=C/CCCCCC(=O)O[C@@H](COC(=O)CCCCC/C=C/C/C=C/C/C=C/C/C=C/CCCCC)CO[C@@H]1O[C@H](CO[C@@H]2O[C@H](CO)[C@H](O)C(O)C2O)[C@H](O)C(O)C1O. The second-order valence-corrected chi connectivity index (χ2v) is 18.3. The van der Waals surface area contributed by atoms with Crippen molar-refractivity contribution in [2.24, 2.45) is 0 Å². The summed E-state index contributed by atoms with van der Waals surface area (Å²) in [6, 6.07) is 0. The summed E-state index contributed by atoms with van der Waals surface area (Å²) in [5.74, 6) is -1.01. The fourth-order valence-electron chi connectivity index (χ4n) is 7.60. The van der Waals surface area contributed by atoms with E-state index in [4.69, 9.17) is 28.4 Å². The Balaban J connectivity index is 1.83. The number of hydrogen-bond acceptors (Lipinski definition) is 15. The molecule has 0 bridgehead atoms. The van der Waals surface area contributed by atoms with Gasteiger partial charge in [0.2, 0.25) is 0 Å². The highest BCUT2D eigenvalue weighted by molar-refractivity contribution is 5.70. The van der Waals surface area contributed by atoms with E-state index in [0.717, 1.165) is 89.9 Å². The Kier molecular flexibility index (Phi) is 38.3. The molecule has 0 aromatic carbocycles. The van der Waals surface area contributed by atoms with E-state index in [1.54, 1.807) is 0 Å². The molecule has 0 radical (unpaired) electrons. The number of hydrogen-bond donors (Lipinski definition) is 7. The topological polar surface area (TPSA) is 231 Å². The predicted molar refractivity (Wildman–Crippen MR) is 279 cm³/mol. The van der Waals surface area contributed by atoms with E-state index in [9.17, 15) is 45.3 Å². The zero-order valence-electron chi connectivity index (χ0n) is 43.4. The molecule has 11 atom stereocenters. The lowest BCUT2D eigenvalue weighted by Crippen LogP contribution is -2.61. The first-order chi connectivity index (χ1) is 35.0. The molecule has 2 rings (SSSR count). The third-order valence-electron chi connectivity index (χ3n) is 12.0. The maximum atomic E-state index is 13.0. The highest BCUT2D eigenvalue weighted by Gasteiger charge is 2.47. The summed E-state index contributed by atoms with van der Waals surface area (Å²) >= 11 is 0. The summed E-state index contributed by atoms with van der Waals surface area (Å²) in [5.41, 5.74) is 0. The van der Waals surface area contributed by atoms with Gasteiger partial charge in [-0.05, 0) is 96.3 Å².